The number of carbonyl (C=O) groups is 12. The molecule has 2 aliphatic heterocycles. The number of likely N-dealkylation sites (N-methyl/N-ethyl adjacent to an activating group) is 7. The van der Waals surface area contributed by atoms with Crippen molar-refractivity contribution in [3.05, 3.63) is 0 Å². The van der Waals surface area contributed by atoms with Gasteiger partial charge in [-0.2, -0.15) is 0 Å². The maximum Gasteiger partial charge on any atom is 0.245 e. The Hall–Kier alpha value is -5.78. The first-order valence-electron chi connectivity index (χ1n) is 33.4. The first-order chi connectivity index (χ1) is 42.8. The van der Waals surface area contributed by atoms with Gasteiger partial charge in [0.2, 0.25) is 70.9 Å². The van der Waals surface area contributed by atoms with Crippen LogP contribution in [0.5, 0.6) is 0 Å². The molecule has 0 spiro atoms. The number of halogens is 2. The third-order valence-electron chi connectivity index (χ3n) is 20.0. The highest BCUT2D eigenvalue weighted by molar-refractivity contribution is 6.20. The van der Waals surface area contributed by atoms with E-state index in [1.54, 1.807) is 25.7 Å². The van der Waals surface area contributed by atoms with Gasteiger partial charge < -0.3 is 60.5 Å². The number of carbonyl (C=O) groups excluding carboxylic acids is 12. The molecule has 0 aromatic carbocycles. The third-order valence-corrected chi connectivity index (χ3v) is 20.9. The van der Waals surface area contributed by atoms with Crippen molar-refractivity contribution in [1.82, 2.24) is 60.5 Å². The maximum absolute atomic E-state index is 15.2. The van der Waals surface area contributed by atoms with Crippen LogP contribution in [0, 0.1) is 29.6 Å². The minimum atomic E-state index is -1.42. The molecule has 2 heterocycles. The largest absolute Gasteiger partial charge is 0.343 e. The highest BCUT2D eigenvalue weighted by Crippen LogP contribution is 2.34. The molecule has 11 atom stereocenters. The predicted octanol–water partition coefficient (Wildman–Crippen LogP) is 3.72. The van der Waals surface area contributed by atoms with Gasteiger partial charge in [0.25, 0.3) is 0 Å². The third kappa shape index (κ3) is 21.4. The van der Waals surface area contributed by atoms with Gasteiger partial charge in [-0.05, 0) is 114 Å². The number of likely N-dealkylation sites (tertiary alicyclic amines) is 1. The summed E-state index contributed by atoms with van der Waals surface area (Å²) in [7, 11) is 10.0. The van der Waals surface area contributed by atoms with Gasteiger partial charge in [-0.25, -0.2) is 0 Å². The van der Waals surface area contributed by atoms with Crippen LogP contribution in [0.2, 0.25) is 0 Å². The molecule has 2 unspecified atom stereocenters. The minimum Gasteiger partial charge on any atom is -0.343 e. The Kier molecular flexibility index (Phi) is 29.6. The summed E-state index contributed by atoms with van der Waals surface area (Å²) in [5, 5.41) is 11.1. The van der Waals surface area contributed by atoms with Crippen LogP contribution in [-0.2, 0) is 57.5 Å². The Morgan fingerprint density at radius 2 is 1.08 bits per heavy atom. The zero-order valence-corrected chi connectivity index (χ0v) is 58.1. The second kappa shape index (κ2) is 35.5. The average molecular weight is 1320 g/mol. The van der Waals surface area contributed by atoms with Crippen molar-refractivity contribution in [3.8, 4) is 0 Å². The molecule has 0 radical (unpaired) electrons. The number of nitrogens with zero attached hydrogens (tertiary/aromatic N) is 8. The fraction of sp³-hybridized carbons (Fsp3) is 0.815. The first-order valence-corrected chi connectivity index (χ1v) is 34.3. The lowest BCUT2D eigenvalue weighted by Crippen LogP contribution is -2.61. The van der Waals surface area contributed by atoms with Gasteiger partial charge in [0.1, 0.15) is 48.3 Å². The van der Waals surface area contributed by atoms with Gasteiger partial charge in [0, 0.05) is 73.2 Å². The predicted molar refractivity (Wildman–Crippen MR) is 347 cm³/mol. The second-order valence-electron chi connectivity index (χ2n) is 27.4. The van der Waals surface area contributed by atoms with Crippen molar-refractivity contribution >= 4 is 94.1 Å². The SMILES string of the molecule is CC[C@H](C)[C@@H]1NC(=O)[C@H](C)N(C)C(=O)C[C@@H](C(=O)N2CCCC2)NC(=O)[C@H](C(C)C)N(C)C(=O)[C@H](CC2CCCCC2)N(C)C(=O)[C@H](C)NC(=O)[C@H](CC2CCCC(Cl)C2)NC(=O)CN(C)C(=O)[C@H](CC2CCC(Cl)CC2)N(C)C(=O)CN(C)C(=O)CN(C)C1=O. The van der Waals surface area contributed by atoms with E-state index in [1.807, 2.05) is 6.92 Å². The van der Waals surface area contributed by atoms with Gasteiger partial charge in [-0.15, -0.1) is 23.2 Å². The Balaban J connectivity index is 1.55. The van der Waals surface area contributed by atoms with Crippen molar-refractivity contribution in [3.63, 3.8) is 0 Å². The summed E-state index contributed by atoms with van der Waals surface area (Å²) < 4.78 is 0. The average Bonchev–Trinajstić information content (AvgIpc) is 1.53. The van der Waals surface area contributed by atoms with Crippen LogP contribution < -0.4 is 21.3 Å². The van der Waals surface area contributed by atoms with Crippen molar-refractivity contribution < 1.29 is 57.5 Å². The van der Waals surface area contributed by atoms with Crippen LogP contribution in [0.3, 0.4) is 0 Å². The van der Waals surface area contributed by atoms with Gasteiger partial charge in [-0.3, -0.25) is 57.5 Å². The fourth-order valence-corrected chi connectivity index (χ4v) is 14.3. The molecule has 5 fully saturated rings. The first kappa shape index (κ1) is 75.9. The zero-order chi connectivity index (χ0) is 67.7. The van der Waals surface area contributed by atoms with E-state index in [0.717, 1.165) is 66.1 Å². The fourth-order valence-electron chi connectivity index (χ4n) is 13.7. The topological polar surface area (TPSA) is 279 Å². The molecule has 4 N–H and O–H groups in total. The number of amides is 12. The normalized spacial score (nSPS) is 31.0. The highest BCUT2D eigenvalue weighted by atomic mass is 35.5. The highest BCUT2D eigenvalue weighted by Gasteiger charge is 2.43. The van der Waals surface area contributed by atoms with E-state index in [2.05, 4.69) is 21.3 Å². The van der Waals surface area contributed by atoms with Gasteiger partial charge in [0.15, 0.2) is 0 Å². The summed E-state index contributed by atoms with van der Waals surface area (Å²) in [5.74, 6) is -8.57. The smallest absolute Gasteiger partial charge is 0.245 e. The molecule has 12 amide bonds. The van der Waals surface area contributed by atoms with E-state index in [0.29, 0.717) is 64.5 Å². The van der Waals surface area contributed by atoms with Gasteiger partial charge >= 0.3 is 0 Å². The molecule has 91 heavy (non-hydrogen) atoms. The summed E-state index contributed by atoms with van der Waals surface area (Å²) in [6.45, 7) is 9.32. The van der Waals surface area contributed by atoms with Crippen LogP contribution in [0.4, 0.5) is 0 Å². The molecule has 5 rings (SSSR count). The molecule has 514 valence electrons. The molecule has 0 bridgehead atoms. The molecule has 5 aliphatic rings. The summed E-state index contributed by atoms with van der Waals surface area (Å²) in [6, 6.07) is -9.60. The Morgan fingerprint density at radius 1 is 0.505 bits per heavy atom. The summed E-state index contributed by atoms with van der Waals surface area (Å²) in [5.41, 5.74) is 0. The monoisotopic (exact) mass is 1320 g/mol. The molecule has 2 saturated heterocycles. The van der Waals surface area contributed by atoms with Crippen LogP contribution in [-0.4, -0.2) is 251 Å². The molecule has 0 aromatic rings. The van der Waals surface area contributed by atoms with Crippen molar-refractivity contribution in [2.45, 2.75) is 229 Å². The minimum absolute atomic E-state index is 0.00475. The lowest BCUT2D eigenvalue weighted by molar-refractivity contribution is -0.151. The van der Waals surface area contributed by atoms with E-state index < -0.39 is 157 Å². The summed E-state index contributed by atoms with van der Waals surface area (Å²) in [6.07, 6.45) is 12.2. The number of hydrogen-bond acceptors (Lipinski definition) is 12. The molecule has 0 aromatic heterocycles. The van der Waals surface area contributed by atoms with Crippen LogP contribution >= 0.6 is 23.2 Å². The number of alkyl halides is 2. The molecular weight excluding hydrogens is 1210 g/mol. The van der Waals surface area contributed by atoms with E-state index >= 15 is 4.79 Å². The summed E-state index contributed by atoms with van der Waals surface area (Å²) in [4.78, 5) is 184. The Labute approximate surface area is 550 Å². The van der Waals surface area contributed by atoms with Gasteiger partial charge in [-0.1, -0.05) is 79.1 Å². The van der Waals surface area contributed by atoms with Crippen LogP contribution in [0.25, 0.3) is 0 Å². The Morgan fingerprint density at radius 3 is 1.67 bits per heavy atom. The number of rotatable bonds is 10. The molecular formula is C65H108Cl2N12O12. The van der Waals surface area contributed by atoms with E-state index in [-0.39, 0.29) is 47.8 Å². The number of nitrogens with one attached hydrogen (secondary N) is 4. The second-order valence-corrected chi connectivity index (χ2v) is 28.7. The standard InChI is InChI=1S/C65H108Cl2N12O12/c1-14-40(4)56-65(91)74(9)37-54(82)72(7)38-55(83)76(11)50(34-44-25-27-46(66)28-26-44)63(89)73(8)36-52(80)69-48(32-45-23-20-24-47(67)31-45)59(85)68-41(5)61(87)77(12)51(33-43-21-16-15-17-22-43)64(90)78(13)57(39(2)3)60(86)70-49(62(88)79-29-18-19-30-79)35-53(81)75(10)42(6)58(84)71-56/h39-51,56-57H,14-38H2,1-13H3,(H,68,85)(H,69,80)(H,70,86)(H,71,84)/t40-,41-,42-,44?,45?,46?,47?,48-,49-,50-,51-,56-,57-/m0/s1. The lowest BCUT2D eigenvalue weighted by atomic mass is 9.84. The van der Waals surface area contributed by atoms with Crippen LogP contribution in [0.1, 0.15) is 170 Å². The lowest BCUT2D eigenvalue weighted by Gasteiger charge is -2.39. The molecule has 24 nitrogen and oxygen atoms in total. The van der Waals surface area contributed by atoms with Crippen molar-refractivity contribution in [2.75, 3.05) is 82.1 Å². The van der Waals surface area contributed by atoms with Crippen molar-refractivity contribution in [2.24, 2.45) is 29.6 Å². The van der Waals surface area contributed by atoms with E-state index in [9.17, 15) is 52.7 Å². The van der Waals surface area contributed by atoms with Crippen LogP contribution in [0.15, 0.2) is 0 Å². The molecule has 3 saturated carbocycles. The van der Waals surface area contributed by atoms with Crippen molar-refractivity contribution in [1.29, 1.82) is 0 Å². The number of hydrogen-bond donors (Lipinski definition) is 4. The van der Waals surface area contributed by atoms with E-state index in [4.69, 9.17) is 23.2 Å². The quantitative estimate of drug-likeness (QED) is 0.228. The zero-order valence-electron chi connectivity index (χ0n) is 56.6. The van der Waals surface area contributed by atoms with Gasteiger partial charge in [0.05, 0.1) is 26.1 Å². The Bertz CT molecular complexity index is 2560. The van der Waals surface area contributed by atoms with E-state index in [1.165, 1.54) is 82.8 Å². The summed E-state index contributed by atoms with van der Waals surface area (Å²) >= 11 is 13.1. The molecule has 3 aliphatic carbocycles. The molecule has 26 heteroatoms. The maximum atomic E-state index is 15.2.